The second-order valence-corrected chi connectivity index (χ2v) is 6.36. The summed E-state index contributed by atoms with van der Waals surface area (Å²) in [5.41, 5.74) is 0.983. The van der Waals surface area contributed by atoms with Crippen molar-refractivity contribution in [3.8, 4) is 5.75 Å². The molecule has 1 aromatic rings. The van der Waals surface area contributed by atoms with E-state index in [2.05, 4.69) is 17.6 Å². The SMILES string of the molecule is CCCCN1C(=O)CC(C(=O)NCCNC)C1c1ccc(OC)cc1.Cl. The average Bonchev–Trinajstić information content (AvgIpc) is 2.96. The van der Waals surface area contributed by atoms with E-state index in [4.69, 9.17) is 4.74 Å². The van der Waals surface area contributed by atoms with Gasteiger partial charge in [-0.15, -0.1) is 12.4 Å². The summed E-state index contributed by atoms with van der Waals surface area (Å²) in [5.74, 6) is 0.421. The first kappa shape index (κ1) is 22.3. The number of hydrogen-bond acceptors (Lipinski definition) is 4. The summed E-state index contributed by atoms with van der Waals surface area (Å²) in [6, 6.07) is 7.46. The second-order valence-electron chi connectivity index (χ2n) is 6.36. The lowest BCUT2D eigenvalue weighted by Gasteiger charge is -2.28. The number of benzene rings is 1. The zero-order chi connectivity index (χ0) is 18.2. The first-order chi connectivity index (χ1) is 12.1. The Morgan fingerprint density at radius 1 is 1.27 bits per heavy atom. The molecule has 0 saturated carbocycles. The molecule has 2 N–H and O–H groups in total. The van der Waals surface area contributed by atoms with Gasteiger partial charge in [-0.3, -0.25) is 9.59 Å². The van der Waals surface area contributed by atoms with Crippen LogP contribution in [0.2, 0.25) is 0 Å². The highest BCUT2D eigenvalue weighted by Crippen LogP contribution is 2.39. The van der Waals surface area contributed by atoms with Crippen molar-refractivity contribution in [2.45, 2.75) is 32.2 Å². The Bertz CT molecular complexity index is 580. The topological polar surface area (TPSA) is 70.7 Å². The van der Waals surface area contributed by atoms with E-state index in [0.717, 1.165) is 24.2 Å². The maximum atomic E-state index is 12.6. The van der Waals surface area contributed by atoms with Gasteiger partial charge >= 0.3 is 0 Å². The Balaban J connectivity index is 0.00000338. The Kier molecular flexibility index (Phi) is 9.44. The molecule has 0 aromatic heterocycles. The van der Waals surface area contributed by atoms with Crippen LogP contribution in [0, 0.1) is 5.92 Å². The van der Waals surface area contributed by atoms with Crippen LogP contribution in [0.15, 0.2) is 24.3 Å². The van der Waals surface area contributed by atoms with Gasteiger partial charge in [0.05, 0.1) is 19.1 Å². The van der Waals surface area contributed by atoms with Crippen LogP contribution in [0.3, 0.4) is 0 Å². The van der Waals surface area contributed by atoms with Crippen molar-refractivity contribution in [1.82, 2.24) is 15.5 Å². The number of halogens is 1. The minimum Gasteiger partial charge on any atom is -0.497 e. The van der Waals surface area contributed by atoms with Crippen LogP contribution in [-0.4, -0.2) is 50.5 Å². The zero-order valence-electron chi connectivity index (χ0n) is 15.8. The Labute approximate surface area is 162 Å². The summed E-state index contributed by atoms with van der Waals surface area (Å²) in [6.45, 7) is 4.06. The predicted molar refractivity (Wildman–Crippen MR) is 105 cm³/mol. The molecular weight excluding hydrogens is 354 g/mol. The molecule has 2 unspecified atom stereocenters. The number of hydrogen-bond donors (Lipinski definition) is 2. The van der Waals surface area contributed by atoms with E-state index in [1.54, 1.807) is 7.11 Å². The Morgan fingerprint density at radius 2 is 1.96 bits per heavy atom. The Hall–Kier alpha value is -1.79. The van der Waals surface area contributed by atoms with Gasteiger partial charge in [0.1, 0.15) is 5.75 Å². The summed E-state index contributed by atoms with van der Waals surface area (Å²) in [6.07, 6.45) is 2.22. The number of rotatable bonds is 9. The Morgan fingerprint density at radius 3 is 2.54 bits per heavy atom. The van der Waals surface area contributed by atoms with Gasteiger partial charge in [-0.25, -0.2) is 0 Å². The van der Waals surface area contributed by atoms with Gasteiger partial charge in [0, 0.05) is 26.1 Å². The van der Waals surface area contributed by atoms with E-state index < -0.39 is 0 Å². The lowest BCUT2D eigenvalue weighted by molar-refractivity contribution is -0.129. The molecule has 0 bridgehead atoms. The van der Waals surface area contributed by atoms with E-state index in [1.807, 2.05) is 36.2 Å². The van der Waals surface area contributed by atoms with Crippen molar-refractivity contribution in [3.63, 3.8) is 0 Å². The summed E-state index contributed by atoms with van der Waals surface area (Å²) < 4.78 is 5.22. The molecule has 2 rings (SSSR count). The van der Waals surface area contributed by atoms with Crippen LogP contribution in [0.25, 0.3) is 0 Å². The highest BCUT2D eigenvalue weighted by atomic mass is 35.5. The predicted octanol–water partition coefficient (Wildman–Crippen LogP) is 2.14. The third-order valence-electron chi connectivity index (χ3n) is 4.65. The van der Waals surface area contributed by atoms with E-state index >= 15 is 0 Å². The molecule has 2 atom stereocenters. The standard InChI is InChI=1S/C19H29N3O3.ClH/c1-4-5-12-22-17(23)13-16(19(24)21-11-10-20-2)18(22)14-6-8-15(25-3)9-7-14;/h6-9,16,18,20H,4-5,10-13H2,1-3H3,(H,21,24);1H. The summed E-state index contributed by atoms with van der Waals surface area (Å²) in [7, 11) is 3.47. The van der Waals surface area contributed by atoms with Crippen molar-refractivity contribution in [2.75, 3.05) is 33.8 Å². The van der Waals surface area contributed by atoms with Gasteiger partial charge in [0.2, 0.25) is 11.8 Å². The molecule has 1 aliphatic heterocycles. The van der Waals surface area contributed by atoms with Gasteiger partial charge in [-0.2, -0.15) is 0 Å². The smallest absolute Gasteiger partial charge is 0.226 e. The average molecular weight is 384 g/mol. The molecule has 0 aliphatic carbocycles. The summed E-state index contributed by atoms with van der Waals surface area (Å²) in [4.78, 5) is 27.1. The van der Waals surface area contributed by atoms with Gasteiger partial charge in [-0.1, -0.05) is 25.5 Å². The van der Waals surface area contributed by atoms with Crippen molar-refractivity contribution < 1.29 is 14.3 Å². The number of ether oxygens (including phenoxy) is 1. The largest absolute Gasteiger partial charge is 0.497 e. The van der Waals surface area contributed by atoms with E-state index in [-0.39, 0.29) is 42.6 Å². The number of carbonyl (C=O) groups is 2. The van der Waals surface area contributed by atoms with Crippen LogP contribution >= 0.6 is 12.4 Å². The lowest BCUT2D eigenvalue weighted by atomic mass is 9.92. The number of amides is 2. The number of carbonyl (C=O) groups excluding carboxylic acids is 2. The number of methoxy groups -OCH3 is 1. The lowest BCUT2D eigenvalue weighted by Crippen LogP contribution is -2.38. The molecule has 146 valence electrons. The normalized spacial score (nSPS) is 19.2. The van der Waals surface area contributed by atoms with Crippen LogP contribution in [0.1, 0.15) is 37.8 Å². The van der Waals surface area contributed by atoms with Crippen LogP contribution in [0.5, 0.6) is 5.75 Å². The third-order valence-corrected chi connectivity index (χ3v) is 4.65. The van der Waals surface area contributed by atoms with Crippen LogP contribution in [0.4, 0.5) is 0 Å². The fourth-order valence-electron chi connectivity index (χ4n) is 3.27. The van der Waals surface area contributed by atoms with Gasteiger partial charge in [-0.05, 0) is 31.2 Å². The molecule has 0 radical (unpaired) electrons. The fraction of sp³-hybridized carbons (Fsp3) is 0.579. The van der Waals surface area contributed by atoms with E-state index in [1.165, 1.54) is 0 Å². The summed E-state index contributed by atoms with van der Waals surface area (Å²) >= 11 is 0. The molecule has 1 fully saturated rings. The van der Waals surface area contributed by atoms with Crippen LogP contribution < -0.4 is 15.4 Å². The molecule has 1 aliphatic rings. The molecule has 1 aromatic carbocycles. The number of nitrogens with one attached hydrogen (secondary N) is 2. The molecule has 0 spiro atoms. The monoisotopic (exact) mass is 383 g/mol. The minimum absolute atomic E-state index is 0. The van der Waals surface area contributed by atoms with Gasteiger partial charge < -0.3 is 20.3 Å². The molecule has 7 heteroatoms. The first-order valence-corrected chi connectivity index (χ1v) is 8.98. The quantitative estimate of drug-likeness (QED) is 0.641. The third kappa shape index (κ3) is 5.35. The molecule has 26 heavy (non-hydrogen) atoms. The molecule has 1 saturated heterocycles. The van der Waals surface area contributed by atoms with Gasteiger partial charge in [0.15, 0.2) is 0 Å². The zero-order valence-corrected chi connectivity index (χ0v) is 16.6. The van der Waals surface area contributed by atoms with Crippen molar-refractivity contribution in [3.05, 3.63) is 29.8 Å². The molecule has 6 nitrogen and oxygen atoms in total. The molecular formula is C19H30ClN3O3. The number of unbranched alkanes of at least 4 members (excludes halogenated alkanes) is 1. The van der Waals surface area contributed by atoms with Crippen molar-refractivity contribution in [2.24, 2.45) is 5.92 Å². The van der Waals surface area contributed by atoms with Crippen molar-refractivity contribution >= 4 is 24.2 Å². The highest BCUT2D eigenvalue weighted by Gasteiger charge is 2.43. The van der Waals surface area contributed by atoms with Crippen molar-refractivity contribution in [1.29, 1.82) is 0 Å². The number of nitrogens with zero attached hydrogens (tertiary/aromatic N) is 1. The maximum absolute atomic E-state index is 12.6. The highest BCUT2D eigenvalue weighted by molar-refractivity contribution is 5.90. The number of likely N-dealkylation sites (tertiary alicyclic amines) is 1. The first-order valence-electron chi connectivity index (χ1n) is 8.98. The number of likely N-dealkylation sites (N-methyl/N-ethyl adjacent to an activating group) is 1. The molecule has 2 amide bonds. The van der Waals surface area contributed by atoms with Gasteiger partial charge in [0.25, 0.3) is 0 Å². The van der Waals surface area contributed by atoms with Crippen LogP contribution in [-0.2, 0) is 9.59 Å². The summed E-state index contributed by atoms with van der Waals surface area (Å²) in [5, 5.41) is 5.95. The fourth-order valence-corrected chi connectivity index (χ4v) is 3.27. The minimum atomic E-state index is -0.352. The van der Waals surface area contributed by atoms with E-state index in [0.29, 0.717) is 19.6 Å². The second kappa shape index (κ2) is 11.0. The molecule has 1 heterocycles. The maximum Gasteiger partial charge on any atom is 0.226 e. The van der Waals surface area contributed by atoms with E-state index in [9.17, 15) is 9.59 Å².